The summed E-state index contributed by atoms with van der Waals surface area (Å²) >= 11 is 3.47. The second-order valence-electron chi connectivity index (χ2n) is 3.56. The average molecular weight is 287 g/mol. The number of hydrogen-bond acceptors (Lipinski definition) is 3. The van der Waals surface area contributed by atoms with Gasteiger partial charge in [0.05, 0.1) is 19.8 Å². The third-order valence-electron chi connectivity index (χ3n) is 2.57. The first-order chi connectivity index (χ1) is 7.45. The number of ketones is 1. The molecule has 0 fully saturated rings. The van der Waals surface area contributed by atoms with Crippen LogP contribution in [-0.4, -0.2) is 20.0 Å². The minimum atomic E-state index is -0.0339. The summed E-state index contributed by atoms with van der Waals surface area (Å²) in [5.41, 5.74) is 2.38. The van der Waals surface area contributed by atoms with Crippen molar-refractivity contribution in [2.24, 2.45) is 0 Å². The van der Waals surface area contributed by atoms with Gasteiger partial charge in [-0.2, -0.15) is 0 Å². The molecule has 88 valence electrons. The van der Waals surface area contributed by atoms with Crippen LogP contribution >= 0.6 is 15.9 Å². The Morgan fingerprint density at radius 2 is 1.56 bits per heavy atom. The smallest absolute Gasteiger partial charge is 0.172 e. The van der Waals surface area contributed by atoms with Gasteiger partial charge >= 0.3 is 0 Å². The minimum absolute atomic E-state index is 0.0339. The van der Waals surface area contributed by atoms with Crippen LogP contribution in [0.2, 0.25) is 0 Å². The molecule has 0 amide bonds. The molecule has 0 radical (unpaired) electrons. The fraction of sp³-hybridized carbons (Fsp3) is 0.417. The molecule has 16 heavy (non-hydrogen) atoms. The van der Waals surface area contributed by atoms with Crippen molar-refractivity contribution in [2.45, 2.75) is 20.8 Å². The Labute approximate surface area is 104 Å². The van der Waals surface area contributed by atoms with Gasteiger partial charge in [-0.25, -0.2) is 0 Å². The van der Waals surface area contributed by atoms with E-state index >= 15 is 0 Å². The maximum atomic E-state index is 11.6. The maximum absolute atomic E-state index is 11.6. The highest BCUT2D eigenvalue weighted by molar-refractivity contribution is 9.10. The second kappa shape index (κ2) is 4.87. The third-order valence-corrected chi connectivity index (χ3v) is 3.76. The zero-order chi connectivity index (χ0) is 12.5. The quantitative estimate of drug-likeness (QED) is 0.800. The van der Waals surface area contributed by atoms with Crippen LogP contribution in [0.5, 0.6) is 11.5 Å². The van der Waals surface area contributed by atoms with Crippen LogP contribution in [0.25, 0.3) is 0 Å². The van der Waals surface area contributed by atoms with Crippen LogP contribution in [0, 0.1) is 13.8 Å². The van der Waals surface area contributed by atoms with E-state index < -0.39 is 0 Å². The lowest BCUT2D eigenvalue weighted by molar-refractivity contribution is 0.101. The highest BCUT2D eigenvalue weighted by atomic mass is 79.9. The molecule has 4 heteroatoms. The Balaban J connectivity index is 3.72. The highest BCUT2D eigenvalue weighted by Gasteiger charge is 2.22. The Kier molecular flexibility index (Phi) is 3.97. The fourth-order valence-electron chi connectivity index (χ4n) is 1.81. The molecule has 0 atom stereocenters. The molecule has 3 nitrogen and oxygen atoms in total. The van der Waals surface area contributed by atoms with Crippen molar-refractivity contribution in [3.63, 3.8) is 0 Å². The van der Waals surface area contributed by atoms with Crippen molar-refractivity contribution in [3.8, 4) is 11.5 Å². The molecule has 0 N–H and O–H groups in total. The number of carbonyl (C=O) groups excluding carboxylic acids is 1. The molecule has 0 heterocycles. The van der Waals surface area contributed by atoms with Gasteiger partial charge in [0.15, 0.2) is 17.3 Å². The molecule has 0 bridgehead atoms. The van der Waals surface area contributed by atoms with Crippen molar-refractivity contribution >= 4 is 21.7 Å². The van der Waals surface area contributed by atoms with Gasteiger partial charge in [-0.1, -0.05) is 15.9 Å². The van der Waals surface area contributed by atoms with Crippen LogP contribution in [0.4, 0.5) is 0 Å². The van der Waals surface area contributed by atoms with Crippen LogP contribution in [0.15, 0.2) is 4.47 Å². The normalized spacial score (nSPS) is 10.1. The molecule has 1 rings (SSSR count). The number of rotatable bonds is 3. The number of halogens is 1. The lowest BCUT2D eigenvalue weighted by atomic mass is 10.00. The molecule has 0 saturated heterocycles. The van der Waals surface area contributed by atoms with Gasteiger partial charge in [0.1, 0.15) is 0 Å². The van der Waals surface area contributed by atoms with Gasteiger partial charge in [-0.05, 0) is 26.3 Å². The zero-order valence-corrected chi connectivity index (χ0v) is 11.7. The largest absolute Gasteiger partial charge is 0.493 e. The Morgan fingerprint density at radius 3 is 1.94 bits per heavy atom. The van der Waals surface area contributed by atoms with Crippen LogP contribution < -0.4 is 9.47 Å². The molecule has 0 aromatic heterocycles. The van der Waals surface area contributed by atoms with Gasteiger partial charge in [-0.15, -0.1) is 0 Å². The zero-order valence-electron chi connectivity index (χ0n) is 10.1. The van der Waals surface area contributed by atoms with Gasteiger partial charge in [-0.3, -0.25) is 4.79 Å². The monoisotopic (exact) mass is 286 g/mol. The summed E-state index contributed by atoms with van der Waals surface area (Å²) in [5, 5.41) is 0. The molecular formula is C12H15BrO3. The Bertz CT molecular complexity index is 439. The molecule has 0 aliphatic carbocycles. The number of benzene rings is 1. The SMILES string of the molecule is COc1c(C)c(Br)c(C)c(C(C)=O)c1OC. The van der Waals surface area contributed by atoms with Crippen molar-refractivity contribution in [3.05, 3.63) is 21.2 Å². The van der Waals surface area contributed by atoms with Crippen LogP contribution in [0.3, 0.4) is 0 Å². The maximum Gasteiger partial charge on any atom is 0.172 e. The molecule has 0 aliphatic heterocycles. The lowest BCUT2D eigenvalue weighted by Gasteiger charge is -2.17. The van der Waals surface area contributed by atoms with E-state index in [-0.39, 0.29) is 5.78 Å². The fourth-order valence-corrected chi connectivity index (χ4v) is 2.19. The summed E-state index contributed by atoms with van der Waals surface area (Å²) in [6, 6.07) is 0. The summed E-state index contributed by atoms with van der Waals surface area (Å²) in [4.78, 5) is 11.6. The highest BCUT2D eigenvalue weighted by Crippen LogP contribution is 2.41. The van der Waals surface area contributed by atoms with Crippen LogP contribution in [-0.2, 0) is 0 Å². The number of ether oxygens (including phenoxy) is 2. The summed E-state index contributed by atoms with van der Waals surface area (Å²) in [5.74, 6) is 1.08. The summed E-state index contributed by atoms with van der Waals surface area (Å²) in [6.45, 7) is 5.32. The lowest BCUT2D eigenvalue weighted by Crippen LogP contribution is -2.05. The van der Waals surface area contributed by atoms with Gasteiger partial charge in [0, 0.05) is 10.0 Å². The standard InChI is InChI=1S/C12H15BrO3/c1-6-9(8(3)14)12(16-5)11(15-4)7(2)10(6)13/h1-5H3. The number of carbonyl (C=O) groups is 1. The van der Waals surface area contributed by atoms with E-state index in [1.54, 1.807) is 7.11 Å². The van der Waals surface area contributed by atoms with E-state index in [1.165, 1.54) is 14.0 Å². The first kappa shape index (κ1) is 13.0. The Hall–Kier alpha value is -1.03. The minimum Gasteiger partial charge on any atom is -0.493 e. The summed E-state index contributed by atoms with van der Waals surface area (Å²) < 4.78 is 11.4. The first-order valence-corrected chi connectivity index (χ1v) is 5.66. The van der Waals surface area contributed by atoms with E-state index in [0.717, 1.165) is 15.6 Å². The molecule has 1 aromatic rings. The van der Waals surface area contributed by atoms with E-state index in [1.807, 2.05) is 13.8 Å². The topological polar surface area (TPSA) is 35.5 Å². The third kappa shape index (κ3) is 1.94. The van der Waals surface area contributed by atoms with Crippen molar-refractivity contribution in [2.75, 3.05) is 14.2 Å². The van der Waals surface area contributed by atoms with Gasteiger partial charge in [0.25, 0.3) is 0 Å². The van der Waals surface area contributed by atoms with Gasteiger partial charge in [0.2, 0.25) is 0 Å². The van der Waals surface area contributed by atoms with Crippen molar-refractivity contribution in [1.29, 1.82) is 0 Å². The molecule has 1 aromatic carbocycles. The van der Waals surface area contributed by atoms with Crippen molar-refractivity contribution in [1.82, 2.24) is 0 Å². The van der Waals surface area contributed by atoms with Crippen molar-refractivity contribution < 1.29 is 14.3 Å². The number of hydrogen-bond donors (Lipinski definition) is 0. The summed E-state index contributed by atoms with van der Waals surface area (Å²) in [6.07, 6.45) is 0. The molecule has 0 spiro atoms. The van der Waals surface area contributed by atoms with E-state index in [4.69, 9.17) is 9.47 Å². The van der Waals surface area contributed by atoms with E-state index in [0.29, 0.717) is 17.1 Å². The number of methoxy groups -OCH3 is 2. The molecule has 0 unspecified atom stereocenters. The predicted molar refractivity (Wildman–Crippen MR) is 66.7 cm³/mol. The predicted octanol–water partition coefficient (Wildman–Crippen LogP) is 3.29. The van der Waals surface area contributed by atoms with E-state index in [9.17, 15) is 4.79 Å². The van der Waals surface area contributed by atoms with E-state index in [2.05, 4.69) is 15.9 Å². The second-order valence-corrected chi connectivity index (χ2v) is 4.35. The van der Waals surface area contributed by atoms with Crippen LogP contribution in [0.1, 0.15) is 28.4 Å². The first-order valence-electron chi connectivity index (χ1n) is 4.87. The average Bonchev–Trinajstić information content (AvgIpc) is 2.24. The Morgan fingerprint density at radius 1 is 1.06 bits per heavy atom. The number of Topliss-reactive ketones (excluding diaryl/α,β-unsaturated/α-hetero) is 1. The molecule has 0 aliphatic rings. The summed E-state index contributed by atoms with van der Waals surface area (Å²) in [7, 11) is 3.10. The molecular weight excluding hydrogens is 272 g/mol. The molecule has 0 saturated carbocycles. The van der Waals surface area contributed by atoms with Gasteiger partial charge < -0.3 is 9.47 Å².